The van der Waals surface area contributed by atoms with Crippen LogP contribution in [0.25, 0.3) is 0 Å². The van der Waals surface area contributed by atoms with E-state index in [1.807, 2.05) is 13.0 Å². The molecule has 0 saturated heterocycles. The Balaban J connectivity index is 2.89. The zero-order valence-electron chi connectivity index (χ0n) is 7.52. The van der Waals surface area contributed by atoms with Gasteiger partial charge in [0.25, 0.3) is 0 Å². The quantitative estimate of drug-likeness (QED) is 0.588. The first-order valence-corrected chi connectivity index (χ1v) is 3.99. The molecule has 1 heteroatoms. The van der Waals surface area contributed by atoms with Crippen LogP contribution in [0.15, 0.2) is 30.4 Å². The van der Waals surface area contributed by atoms with E-state index < -0.39 is 0 Å². The molecule has 0 aliphatic carbocycles. The summed E-state index contributed by atoms with van der Waals surface area (Å²) in [6.45, 7) is 7.49. The van der Waals surface area contributed by atoms with Crippen LogP contribution in [0.3, 0.4) is 0 Å². The van der Waals surface area contributed by atoms with Crippen molar-refractivity contribution in [2.45, 2.75) is 20.3 Å². The minimum atomic E-state index is -0.131. The Labute approximate surface area is 72.7 Å². The Morgan fingerprint density at radius 2 is 2.17 bits per heavy atom. The molecular formula is C11H13F. The van der Waals surface area contributed by atoms with Crippen LogP contribution >= 0.6 is 0 Å². The minimum absolute atomic E-state index is 0.131. The van der Waals surface area contributed by atoms with Gasteiger partial charge in [0.15, 0.2) is 0 Å². The molecule has 0 aliphatic heterocycles. The van der Waals surface area contributed by atoms with Crippen molar-refractivity contribution in [1.82, 2.24) is 0 Å². The number of benzene rings is 1. The van der Waals surface area contributed by atoms with Crippen LogP contribution in [0.2, 0.25) is 0 Å². The third-order valence-electron chi connectivity index (χ3n) is 1.74. The molecule has 1 aromatic rings. The first-order chi connectivity index (χ1) is 5.59. The first kappa shape index (κ1) is 8.98. The molecule has 0 heterocycles. The highest BCUT2D eigenvalue weighted by Crippen LogP contribution is 2.11. The molecule has 0 N–H and O–H groups in total. The monoisotopic (exact) mass is 164 g/mol. The van der Waals surface area contributed by atoms with Crippen molar-refractivity contribution in [3.8, 4) is 0 Å². The van der Waals surface area contributed by atoms with E-state index in [1.54, 1.807) is 19.1 Å². The van der Waals surface area contributed by atoms with Gasteiger partial charge in [-0.3, -0.25) is 0 Å². The summed E-state index contributed by atoms with van der Waals surface area (Å²) in [6.07, 6.45) is 0.761. The maximum absolute atomic E-state index is 13.0. The van der Waals surface area contributed by atoms with Crippen molar-refractivity contribution in [2.24, 2.45) is 0 Å². The molecule has 0 aliphatic rings. The number of allylic oxidation sites excluding steroid dienone is 1. The maximum atomic E-state index is 13.0. The van der Waals surface area contributed by atoms with Gasteiger partial charge in [0.05, 0.1) is 0 Å². The largest absolute Gasteiger partial charge is 0.207 e. The lowest BCUT2D eigenvalue weighted by atomic mass is 10.1. The minimum Gasteiger partial charge on any atom is -0.207 e. The normalized spacial score (nSPS) is 9.92. The number of hydrogen-bond donors (Lipinski definition) is 0. The van der Waals surface area contributed by atoms with E-state index in [-0.39, 0.29) is 5.82 Å². The summed E-state index contributed by atoms with van der Waals surface area (Å²) in [6, 6.07) is 5.31. The molecule has 0 amide bonds. The maximum Gasteiger partial charge on any atom is 0.126 e. The SMILES string of the molecule is C=C(C)Cc1ccc(C)c(F)c1. The van der Waals surface area contributed by atoms with E-state index in [0.717, 1.165) is 17.6 Å². The predicted molar refractivity (Wildman–Crippen MR) is 49.7 cm³/mol. The predicted octanol–water partition coefficient (Wildman–Crippen LogP) is 3.25. The summed E-state index contributed by atoms with van der Waals surface area (Å²) in [5.74, 6) is -0.131. The molecule has 0 fully saturated rings. The Kier molecular flexibility index (Phi) is 2.64. The Morgan fingerprint density at radius 1 is 1.50 bits per heavy atom. The van der Waals surface area contributed by atoms with Gasteiger partial charge in [-0.2, -0.15) is 0 Å². The standard InChI is InChI=1S/C11H13F/c1-8(2)6-10-5-4-9(3)11(12)7-10/h4-5,7H,1,6H2,2-3H3. The molecule has 0 aromatic heterocycles. The van der Waals surface area contributed by atoms with E-state index in [1.165, 1.54) is 0 Å². The highest BCUT2D eigenvalue weighted by atomic mass is 19.1. The van der Waals surface area contributed by atoms with Crippen molar-refractivity contribution in [3.05, 3.63) is 47.3 Å². The van der Waals surface area contributed by atoms with Crippen LogP contribution in [-0.2, 0) is 6.42 Å². The molecule has 0 unspecified atom stereocenters. The van der Waals surface area contributed by atoms with Gasteiger partial charge in [-0.1, -0.05) is 24.3 Å². The van der Waals surface area contributed by atoms with Crippen LogP contribution in [0.5, 0.6) is 0 Å². The van der Waals surface area contributed by atoms with Crippen LogP contribution in [0.4, 0.5) is 4.39 Å². The lowest BCUT2D eigenvalue weighted by Gasteiger charge is -2.01. The van der Waals surface area contributed by atoms with Crippen molar-refractivity contribution in [2.75, 3.05) is 0 Å². The molecule has 0 radical (unpaired) electrons. The van der Waals surface area contributed by atoms with Crippen LogP contribution in [-0.4, -0.2) is 0 Å². The van der Waals surface area contributed by atoms with E-state index in [0.29, 0.717) is 5.56 Å². The average Bonchev–Trinajstić information content (AvgIpc) is 1.96. The summed E-state index contributed by atoms with van der Waals surface area (Å²) >= 11 is 0. The van der Waals surface area contributed by atoms with Gasteiger partial charge in [0, 0.05) is 0 Å². The van der Waals surface area contributed by atoms with E-state index in [9.17, 15) is 4.39 Å². The highest BCUT2D eigenvalue weighted by Gasteiger charge is 1.98. The summed E-state index contributed by atoms with van der Waals surface area (Å²) in [5.41, 5.74) is 2.74. The van der Waals surface area contributed by atoms with Gasteiger partial charge >= 0.3 is 0 Å². The fourth-order valence-corrected chi connectivity index (χ4v) is 1.09. The van der Waals surface area contributed by atoms with Crippen molar-refractivity contribution in [1.29, 1.82) is 0 Å². The summed E-state index contributed by atoms with van der Waals surface area (Å²) in [7, 11) is 0. The second kappa shape index (κ2) is 3.53. The number of rotatable bonds is 2. The molecule has 0 atom stereocenters. The van der Waals surface area contributed by atoms with E-state index in [4.69, 9.17) is 0 Å². The summed E-state index contributed by atoms with van der Waals surface area (Å²) in [5, 5.41) is 0. The van der Waals surface area contributed by atoms with E-state index >= 15 is 0 Å². The lowest BCUT2D eigenvalue weighted by Crippen LogP contribution is -1.89. The van der Waals surface area contributed by atoms with E-state index in [2.05, 4.69) is 6.58 Å². The topological polar surface area (TPSA) is 0 Å². The smallest absolute Gasteiger partial charge is 0.126 e. The molecule has 0 spiro atoms. The Bertz CT molecular complexity index is 300. The zero-order valence-corrected chi connectivity index (χ0v) is 7.52. The fourth-order valence-electron chi connectivity index (χ4n) is 1.09. The second-order valence-electron chi connectivity index (χ2n) is 3.22. The third kappa shape index (κ3) is 2.19. The van der Waals surface area contributed by atoms with Crippen LogP contribution < -0.4 is 0 Å². The summed E-state index contributed by atoms with van der Waals surface area (Å²) in [4.78, 5) is 0. The molecule has 12 heavy (non-hydrogen) atoms. The molecule has 0 nitrogen and oxygen atoms in total. The first-order valence-electron chi connectivity index (χ1n) is 3.99. The van der Waals surface area contributed by atoms with Gasteiger partial charge in [-0.05, 0) is 37.5 Å². The van der Waals surface area contributed by atoms with Gasteiger partial charge in [0.2, 0.25) is 0 Å². The number of hydrogen-bond acceptors (Lipinski definition) is 0. The molecule has 0 bridgehead atoms. The molecule has 1 aromatic carbocycles. The number of halogens is 1. The van der Waals surface area contributed by atoms with Crippen molar-refractivity contribution in [3.63, 3.8) is 0 Å². The van der Waals surface area contributed by atoms with Gasteiger partial charge in [-0.15, -0.1) is 0 Å². The average molecular weight is 164 g/mol. The Morgan fingerprint density at radius 3 is 2.67 bits per heavy atom. The fraction of sp³-hybridized carbons (Fsp3) is 0.273. The molecular weight excluding hydrogens is 151 g/mol. The van der Waals surface area contributed by atoms with Crippen molar-refractivity contribution >= 4 is 0 Å². The summed E-state index contributed by atoms with van der Waals surface area (Å²) < 4.78 is 13.0. The van der Waals surface area contributed by atoms with Gasteiger partial charge < -0.3 is 0 Å². The lowest BCUT2D eigenvalue weighted by molar-refractivity contribution is 0.616. The molecule has 1 rings (SSSR count). The zero-order chi connectivity index (χ0) is 9.14. The van der Waals surface area contributed by atoms with Crippen LogP contribution in [0.1, 0.15) is 18.1 Å². The molecule has 0 saturated carbocycles. The number of aryl methyl sites for hydroxylation is 1. The third-order valence-corrected chi connectivity index (χ3v) is 1.74. The van der Waals surface area contributed by atoms with Crippen LogP contribution in [0, 0.1) is 12.7 Å². The molecule has 64 valence electrons. The van der Waals surface area contributed by atoms with Crippen molar-refractivity contribution < 1.29 is 4.39 Å². The Hall–Kier alpha value is -1.11. The van der Waals surface area contributed by atoms with Gasteiger partial charge in [0.1, 0.15) is 5.82 Å². The van der Waals surface area contributed by atoms with Gasteiger partial charge in [-0.25, -0.2) is 4.39 Å². The highest BCUT2D eigenvalue weighted by molar-refractivity contribution is 5.25. The second-order valence-corrected chi connectivity index (χ2v) is 3.22.